The Kier molecular flexibility index (Phi) is 9.38. The highest BCUT2D eigenvalue weighted by Crippen LogP contribution is 2.37. The summed E-state index contributed by atoms with van der Waals surface area (Å²) in [6, 6.07) is 12.9. The zero-order valence-corrected chi connectivity index (χ0v) is 23.9. The summed E-state index contributed by atoms with van der Waals surface area (Å²) in [4.78, 5) is 51.6. The lowest BCUT2D eigenvalue weighted by Crippen LogP contribution is -2.54. The molecule has 1 heterocycles. The molecule has 2 N–H and O–H groups in total. The molecule has 1 saturated heterocycles. The molecule has 0 aliphatic carbocycles. The number of barbiturate groups is 1. The maximum Gasteiger partial charge on any atom is 0.335 e. The molecular weight excluding hydrogens is 597 g/mol. The van der Waals surface area contributed by atoms with E-state index in [1.54, 1.807) is 18.2 Å². The van der Waals surface area contributed by atoms with Crippen LogP contribution in [0.2, 0.25) is 15.1 Å². The van der Waals surface area contributed by atoms with Crippen molar-refractivity contribution in [3.8, 4) is 17.2 Å². The third kappa shape index (κ3) is 6.91. The molecule has 1 aliphatic heterocycles. The van der Waals surface area contributed by atoms with Gasteiger partial charge in [-0.1, -0.05) is 34.8 Å². The fourth-order valence-electron chi connectivity index (χ4n) is 3.79. The molecule has 3 aromatic rings. The van der Waals surface area contributed by atoms with Crippen LogP contribution in [0.4, 0.5) is 16.2 Å². The number of rotatable bonds is 9. The van der Waals surface area contributed by atoms with Gasteiger partial charge in [0.2, 0.25) is 0 Å². The van der Waals surface area contributed by atoms with Crippen LogP contribution in [-0.2, 0) is 14.4 Å². The van der Waals surface area contributed by atoms with Crippen LogP contribution in [0, 0.1) is 0 Å². The highest BCUT2D eigenvalue weighted by Gasteiger charge is 2.37. The molecule has 0 aromatic heterocycles. The minimum Gasteiger partial charge on any atom is -0.494 e. The maximum absolute atomic E-state index is 13.2. The van der Waals surface area contributed by atoms with Gasteiger partial charge >= 0.3 is 6.03 Å². The molecule has 0 bridgehead atoms. The van der Waals surface area contributed by atoms with E-state index in [1.165, 1.54) is 49.6 Å². The van der Waals surface area contributed by atoms with Gasteiger partial charge in [0.1, 0.15) is 11.3 Å². The predicted molar refractivity (Wildman–Crippen MR) is 155 cm³/mol. The van der Waals surface area contributed by atoms with Crippen molar-refractivity contribution in [1.29, 1.82) is 0 Å². The van der Waals surface area contributed by atoms with Gasteiger partial charge in [-0.05, 0) is 73.2 Å². The molecule has 0 atom stereocenters. The number of nitrogens with zero attached hydrogens (tertiary/aromatic N) is 1. The largest absolute Gasteiger partial charge is 0.494 e. The molecule has 1 fully saturated rings. The number of hydrogen-bond acceptors (Lipinski definition) is 7. The fourth-order valence-corrected chi connectivity index (χ4v) is 4.36. The molecule has 0 spiro atoms. The molecule has 1 aliphatic rings. The lowest BCUT2D eigenvalue weighted by atomic mass is 10.1. The van der Waals surface area contributed by atoms with Gasteiger partial charge in [0, 0.05) is 5.69 Å². The van der Waals surface area contributed by atoms with Gasteiger partial charge in [0.25, 0.3) is 17.7 Å². The number of halogens is 3. The van der Waals surface area contributed by atoms with Crippen molar-refractivity contribution in [2.45, 2.75) is 6.92 Å². The molecule has 5 amide bonds. The lowest BCUT2D eigenvalue weighted by Gasteiger charge is -2.26. The molecule has 212 valence electrons. The summed E-state index contributed by atoms with van der Waals surface area (Å²) < 4.78 is 16.3. The Morgan fingerprint density at radius 2 is 1.68 bits per heavy atom. The normalized spacial score (nSPS) is 14.1. The van der Waals surface area contributed by atoms with E-state index < -0.39 is 30.4 Å². The van der Waals surface area contributed by atoms with E-state index in [0.717, 1.165) is 4.90 Å². The topological polar surface area (TPSA) is 123 Å². The van der Waals surface area contributed by atoms with E-state index in [1.807, 2.05) is 6.92 Å². The Labute approximate surface area is 249 Å². The smallest absolute Gasteiger partial charge is 0.335 e. The number of carbonyl (C=O) groups is 4. The quantitative estimate of drug-likeness (QED) is 0.232. The molecule has 13 heteroatoms. The first-order valence-electron chi connectivity index (χ1n) is 12.0. The van der Waals surface area contributed by atoms with Gasteiger partial charge in [0.05, 0.1) is 34.5 Å². The number of nitrogens with one attached hydrogen (secondary N) is 2. The van der Waals surface area contributed by atoms with Gasteiger partial charge in [-0.25, -0.2) is 9.69 Å². The van der Waals surface area contributed by atoms with E-state index in [4.69, 9.17) is 49.0 Å². The van der Waals surface area contributed by atoms with Crippen LogP contribution in [0.25, 0.3) is 6.08 Å². The van der Waals surface area contributed by atoms with Crippen LogP contribution >= 0.6 is 34.8 Å². The van der Waals surface area contributed by atoms with E-state index in [9.17, 15) is 19.2 Å². The standard InChI is InChI=1S/C28H22Cl3N3O7/c1-3-40-18-7-5-17(6-8-18)34-27(37)19(26(36)33-28(34)38)10-15-11-22(31)25(23(12-15)39-2)41-14-24(35)32-16-4-9-20(29)21(30)13-16/h4-13H,3,14H2,1-2H3,(H,32,35)(H,33,36,38)/b19-10+. The predicted octanol–water partition coefficient (Wildman–Crippen LogP) is 5.74. The molecule has 10 nitrogen and oxygen atoms in total. The third-order valence-corrected chi connectivity index (χ3v) is 6.64. The first kappa shape index (κ1) is 29.7. The van der Waals surface area contributed by atoms with E-state index in [-0.39, 0.29) is 32.8 Å². The Morgan fingerprint density at radius 1 is 0.951 bits per heavy atom. The van der Waals surface area contributed by atoms with Crippen molar-refractivity contribution in [3.63, 3.8) is 0 Å². The molecule has 3 aromatic carbocycles. The van der Waals surface area contributed by atoms with E-state index >= 15 is 0 Å². The van der Waals surface area contributed by atoms with Crippen LogP contribution in [0.3, 0.4) is 0 Å². The zero-order chi connectivity index (χ0) is 29.7. The second-order valence-corrected chi connectivity index (χ2v) is 9.61. The molecule has 4 rings (SSSR count). The first-order chi connectivity index (χ1) is 19.6. The summed E-state index contributed by atoms with van der Waals surface area (Å²) in [5.41, 5.74) is 0.652. The number of ether oxygens (including phenoxy) is 3. The Morgan fingerprint density at radius 3 is 2.34 bits per heavy atom. The van der Waals surface area contributed by atoms with Crippen LogP contribution in [0.15, 0.2) is 60.2 Å². The van der Waals surface area contributed by atoms with E-state index in [2.05, 4.69) is 10.6 Å². The van der Waals surface area contributed by atoms with Crippen molar-refractivity contribution < 1.29 is 33.4 Å². The number of methoxy groups -OCH3 is 1. The number of urea groups is 1. The van der Waals surface area contributed by atoms with Gasteiger partial charge in [-0.2, -0.15) is 0 Å². The lowest BCUT2D eigenvalue weighted by molar-refractivity contribution is -0.122. The number of anilines is 2. The van der Waals surface area contributed by atoms with Gasteiger partial charge in [-0.15, -0.1) is 0 Å². The Hall–Kier alpha value is -4.25. The van der Waals surface area contributed by atoms with Crippen LogP contribution in [0.1, 0.15) is 12.5 Å². The number of amides is 5. The molecule has 0 radical (unpaired) electrons. The van der Waals surface area contributed by atoms with Gasteiger partial charge in [0.15, 0.2) is 18.1 Å². The molecule has 0 unspecified atom stereocenters. The van der Waals surface area contributed by atoms with Crippen molar-refractivity contribution in [3.05, 3.63) is 80.8 Å². The van der Waals surface area contributed by atoms with Crippen LogP contribution in [0.5, 0.6) is 17.2 Å². The number of imide groups is 2. The third-order valence-electron chi connectivity index (χ3n) is 5.62. The average Bonchev–Trinajstić information content (AvgIpc) is 2.93. The number of hydrogen-bond donors (Lipinski definition) is 2. The summed E-state index contributed by atoms with van der Waals surface area (Å²) >= 11 is 18.3. The molecule has 0 saturated carbocycles. The highest BCUT2D eigenvalue weighted by atomic mass is 35.5. The Bertz CT molecular complexity index is 1560. The monoisotopic (exact) mass is 617 g/mol. The number of carbonyl (C=O) groups excluding carboxylic acids is 4. The first-order valence-corrected chi connectivity index (χ1v) is 13.1. The summed E-state index contributed by atoms with van der Waals surface area (Å²) in [5.74, 6) is -1.46. The van der Waals surface area contributed by atoms with Crippen molar-refractivity contribution >= 4 is 76.0 Å². The van der Waals surface area contributed by atoms with Crippen molar-refractivity contribution in [1.82, 2.24) is 5.32 Å². The SMILES string of the molecule is CCOc1ccc(N2C(=O)NC(=O)/C(=C\c3cc(Cl)c(OCC(=O)Nc4ccc(Cl)c(Cl)c4)c(OC)c3)C2=O)cc1. The average molecular weight is 619 g/mol. The molecule has 41 heavy (non-hydrogen) atoms. The van der Waals surface area contributed by atoms with Gasteiger partial charge in [-0.3, -0.25) is 19.7 Å². The summed E-state index contributed by atoms with van der Waals surface area (Å²) in [6.07, 6.45) is 1.26. The zero-order valence-electron chi connectivity index (χ0n) is 21.6. The summed E-state index contributed by atoms with van der Waals surface area (Å²) in [7, 11) is 1.36. The minimum absolute atomic E-state index is 0.0432. The van der Waals surface area contributed by atoms with Crippen LogP contribution < -0.4 is 29.7 Å². The van der Waals surface area contributed by atoms with E-state index in [0.29, 0.717) is 28.6 Å². The highest BCUT2D eigenvalue weighted by molar-refractivity contribution is 6.42. The molecular formula is C28H22Cl3N3O7. The second-order valence-electron chi connectivity index (χ2n) is 8.38. The summed E-state index contributed by atoms with van der Waals surface area (Å²) in [6.45, 7) is 1.86. The van der Waals surface area contributed by atoms with Crippen molar-refractivity contribution in [2.24, 2.45) is 0 Å². The van der Waals surface area contributed by atoms with Gasteiger partial charge < -0.3 is 19.5 Å². The fraction of sp³-hybridized carbons (Fsp3) is 0.143. The van der Waals surface area contributed by atoms with Crippen molar-refractivity contribution in [2.75, 3.05) is 30.5 Å². The Balaban J connectivity index is 1.53. The number of benzene rings is 3. The second kappa shape index (κ2) is 12.9. The maximum atomic E-state index is 13.2. The van der Waals surface area contributed by atoms with Crippen LogP contribution in [-0.4, -0.2) is 44.1 Å². The summed E-state index contributed by atoms with van der Waals surface area (Å²) in [5, 5.41) is 5.44. The minimum atomic E-state index is -0.889.